The Balaban J connectivity index is 1.18. The van der Waals surface area contributed by atoms with Gasteiger partial charge in [-0.25, -0.2) is 4.98 Å². The number of anilines is 3. The minimum absolute atomic E-state index is 0.173. The number of nitrogens with two attached hydrogens (primary N) is 1. The van der Waals surface area contributed by atoms with E-state index in [9.17, 15) is 10.2 Å². The first-order valence-electron chi connectivity index (χ1n) is 13.2. The normalized spacial score (nSPS) is 24.9. The number of benzene rings is 1. The molecule has 0 saturated carbocycles. The predicted molar refractivity (Wildman–Crippen MR) is 148 cm³/mol. The van der Waals surface area contributed by atoms with Gasteiger partial charge in [-0.3, -0.25) is 4.90 Å². The summed E-state index contributed by atoms with van der Waals surface area (Å²) in [7, 11) is 0. The number of piperazine rings is 1. The van der Waals surface area contributed by atoms with Crippen molar-refractivity contribution in [1.29, 1.82) is 0 Å². The van der Waals surface area contributed by atoms with Gasteiger partial charge in [-0.2, -0.15) is 0 Å². The van der Waals surface area contributed by atoms with Crippen molar-refractivity contribution in [1.82, 2.24) is 20.1 Å². The van der Waals surface area contributed by atoms with Crippen molar-refractivity contribution in [3.05, 3.63) is 54.4 Å². The number of nitrogens with zero attached hydrogens (tertiary/aromatic N) is 6. The Morgan fingerprint density at radius 3 is 2.63 bits per heavy atom. The molecule has 3 aromatic rings. The van der Waals surface area contributed by atoms with E-state index in [2.05, 4.69) is 53.9 Å². The maximum Gasteiger partial charge on any atom is 0.169 e. The molecule has 196 valence electrons. The third-order valence-corrected chi connectivity index (χ3v) is 7.90. The van der Waals surface area contributed by atoms with Gasteiger partial charge in [0.15, 0.2) is 5.82 Å². The summed E-state index contributed by atoms with van der Waals surface area (Å²) in [6, 6.07) is 13.9. The largest absolute Gasteiger partial charge is 0.507 e. The van der Waals surface area contributed by atoms with Crippen LogP contribution in [0.2, 0.25) is 0 Å². The first-order chi connectivity index (χ1) is 18.4. The zero-order chi connectivity index (χ0) is 26.3. The number of β-amino-alcohol motifs (C(OH)–C–C–N with tert-alkyl or cyclic N) is 1. The Morgan fingerprint density at radius 2 is 1.89 bits per heavy atom. The molecule has 9 nitrogen and oxygen atoms in total. The molecule has 3 unspecified atom stereocenters. The SMILES string of the molecule is CC1(O)CCN(CC#Cc2cc(N3C4CCC3CN(c3cc(-c5ccccc5O)nnc3N)C4)ccn2)C1. The fourth-order valence-electron chi connectivity index (χ4n) is 6.05. The Hall–Kier alpha value is -3.87. The second-order valence-electron chi connectivity index (χ2n) is 10.9. The molecule has 1 aromatic carbocycles. The molecule has 5 heterocycles. The minimum atomic E-state index is -0.608. The first kappa shape index (κ1) is 24.5. The van der Waals surface area contributed by atoms with Gasteiger partial charge in [0, 0.05) is 55.7 Å². The third kappa shape index (κ3) is 4.85. The summed E-state index contributed by atoms with van der Waals surface area (Å²) in [6.45, 7) is 5.69. The summed E-state index contributed by atoms with van der Waals surface area (Å²) in [6.07, 6.45) is 4.83. The van der Waals surface area contributed by atoms with E-state index >= 15 is 0 Å². The van der Waals surface area contributed by atoms with Gasteiger partial charge in [-0.05, 0) is 62.4 Å². The monoisotopic (exact) mass is 511 g/mol. The van der Waals surface area contributed by atoms with Gasteiger partial charge in [0.05, 0.1) is 23.5 Å². The topological polar surface area (TPSA) is 115 Å². The number of likely N-dealkylation sites (tertiary alicyclic amines) is 1. The lowest BCUT2D eigenvalue weighted by Gasteiger charge is -2.43. The van der Waals surface area contributed by atoms with Crippen LogP contribution in [-0.4, -0.2) is 80.7 Å². The van der Waals surface area contributed by atoms with Gasteiger partial charge in [-0.1, -0.05) is 18.1 Å². The fourth-order valence-corrected chi connectivity index (χ4v) is 6.05. The van der Waals surface area contributed by atoms with Crippen LogP contribution in [0.5, 0.6) is 5.75 Å². The van der Waals surface area contributed by atoms with Crippen molar-refractivity contribution in [2.45, 2.75) is 43.9 Å². The van der Waals surface area contributed by atoms with Gasteiger partial charge >= 0.3 is 0 Å². The molecule has 9 heteroatoms. The number of aromatic hydroxyl groups is 1. The number of fused-ring (bicyclic) bond motifs is 2. The van der Waals surface area contributed by atoms with Crippen molar-refractivity contribution < 1.29 is 10.2 Å². The van der Waals surface area contributed by atoms with Gasteiger partial charge in [-0.15, -0.1) is 10.2 Å². The molecule has 3 saturated heterocycles. The standard InChI is InChI=1S/C29H33N7O2/c1-29(38)11-14-34(19-29)13-4-5-20-15-21(10-12-31-20)36-22-8-9-23(36)18-35(17-22)26-16-25(32-33-28(26)30)24-6-2-3-7-27(24)37/h2-3,6-7,10,12,15-16,22-23,37-38H,8-9,11,13-14,17-19H2,1H3,(H2,30,33). The molecule has 0 amide bonds. The molecule has 6 rings (SSSR count). The van der Waals surface area contributed by atoms with Crippen molar-refractivity contribution in [3.8, 4) is 28.8 Å². The van der Waals surface area contributed by atoms with Gasteiger partial charge in [0.1, 0.15) is 11.4 Å². The average Bonchev–Trinajstić information content (AvgIpc) is 3.39. The van der Waals surface area contributed by atoms with Crippen LogP contribution in [0.4, 0.5) is 17.2 Å². The van der Waals surface area contributed by atoms with Crippen LogP contribution in [0.25, 0.3) is 11.3 Å². The van der Waals surface area contributed by atoms with Crippen LogP contribution in [0.1, 0.15) is 31.9 Å². The quantitative estimate of drug-likeness (QED) is 0.455. The van der Waals surface area contributed by atoms with Crippen LogP contribution < -0.4 is 15.5 Å². The number of para-hydroxylation sites is 1. The molecule has 0 spiro atoms. The van der Waals surface area contributed by atoms with Gasteiger partial charge in [0.2, 0.25) is 0 Å². The molecule has 4 N–H and O–H groups in total. The van der Waals surface area contributed by atoms with Crippen LogP contribution in [-0.2, 0) is 0 Å². The molecule has 3 fully saturated rings. The Morgan fingerprint density at radius 1 is 1.11 bits per heavy atom. The summed E-state index contributed by atoms with van der Waals surface area (Å²) < 4.78 is 0. The highest BCUT2D eigenvalue weighted by Crippen LogP contribution is 2.39. The maximum absolute atomic E-state index is 10.3. The molecule has 3 atom stereocenters. The molecule has 2 bridgehead atoms. The van der Waals surface area contributed by atoms with Gasteiger partial charge < -0.3 is 25.7 Å². The number of phenolic OH excluding ortho intramolecular Hbond substituents is 1. The molecule has 2 aromatic heterocycles. The fraction of sp³-hybridized carbons (Fsp3) is 0.414. The van der Waals surface area contributed by atoms with Crippen LogP contribution in [0.15, 0.2) is 48.7 Å². The summed E-state index contributed by atoms with van der Waals surface area (Å²) >= 11 is 0. The first-order valence-corrected chi connectivity index (χ1v) is 13.2. The maximum atomic E-state index is 10.3. The highest BCUT2D eigenvalue weighted by atomic mass is 16.3. The van der Waals surface area contributed by atoms with Crippen LogP contribution in [0, 0.1) is 11.8 Å². The average molecular weight is 512 g/mol. The van der Waals surface area contributed by atoms with E-state index in [0.717, 1.165) is 56.0 Å². The van der Waals surface area contributed by atoms with E-state index in [1.807, 2.05) is 31.3 Å². The summed E-state index contributed by atoms with van der Waals surface area (Å²) in [4.78, 5) is 11.5. The highest BCUT2D eigenvalue weighted by Gasteiger charge is 2.41. The number of pyridine rings is 1. The zero-order valence-corrected chi connectivity index (χ0v) is 21.6. The number of phenols is 1. The van der Waals surface area contributed by atoms with Crippen molar-refractivity contribution in [2.24, 2.45) is 0 Å². The van der Waals surface area contributed by atoms with E-state index in [1.54, 1.807) is 12.1 Å². The molecule has 38 heavy (non-hydrogen) atoms. The number of hydrogen-bond acceptors (Lipinski definition) is 9. The zero-order valence-electron chi connectivity index (χ0n) is 21.6. The van der Waals surface area contributed by atoms with E-state index < -0.39 is 5.60 Å². The van der Waals surface area contributed by atoms with E-state index in [-0.39, 0.29) is 5.75 Å². The minimum Gasteiger partial charge on any atom is -0.507 e. The van der Waals surface area contributed by atoms with Crippen LogP contribution in [0.3, 0.4) is 0 Å². The lowest BCUT2D eigenvalue weighted by molar-refractivity contribution is 0.0705. The van der Waals surface area contributed by atoms with E-state index in [0.29, 0.717) is 42.2 Å². The lowest BCUT2D eigenvalue weighted by atomic mass is 10.1. The molecular weight excluding hydrogens is 478 g/mol. The van der Waals surface area contributed by atoms with Gasteiger partial charge in [0.25, 0.3) is 0 Å². The Bertz CT molecular complexity index is 1380. The van der Waals surface area contributed by atoms with Crippen LogP contribution >= 0.6 is 0 Å². The third-order valence-electron chi connectivity index (χ3n) is 7.90. The lowest BCUT2D eigenvalue weighted by Crippen LogP contribution is -2.54. The second-order valence-corrected chi connectivity index (χ2v) is 10.9. The Labute approximate surface area is 222 Å². The molecule has 3 aliphatic rings. The molecular formula is C29H33N7O2. The summed E-state index contributed by atoms with van der Waals surface area (Å²) in [5.41, 5.74) is 9.71. The number of nitrogen functional groups attached to an aromatic ring is 1. The Kier molecular flexibility index (Phi) is 6.30. The smallest absolute Gasteiger partial charge is 0.169 e. The molecule has 3 aliphatic heterocycles. The van der Waals surface area contributed by atoms with E-state index in [1.165, 1.54) is 0 Å². The predicted octanol–water partition coefficient (Wildman–Crippen LogP) is 2.49. The number of aliphatic hydroxyl groups is 1. The summed E-state index contributed by atoms with van der Waals surface area (Å²) in [5.74, 6) is 7.03. The van der Waals surface area contributed by atoms with Crippen molar-refractivity contribution >= 4 is 17.2 Å². The highest BCUT2D eigenvalue weighted by molar-refractivity contribution is 5.74. The van der Waals surface area contributed by atoms with E-state index in [4.69, 9.17) is 5.73 Å². The number of rotatable bonds is 4. The second kappa shape index (κ2) is 9.78. The number of hydrogen-bond donors (Lipinski definition) is 3. The number of aromatic nitrogens is 3. The molecule has 0 aliphatic carbocycles. The summed E-state index contributed by atoms with van der Waals surface area (Å²) in [5, 5.41) is 28.9. The molecule has 0 radical (unpaired) electrons. The van der Waals surface area contributed by atoms with Crippen molar-refractivity contribution in [2.75, 3.05) is 48.3 Å². The van der Waals surface area contributed by atoms with Crippen molar-refractivity contribution in [3.63, 3.8) is 0 Å².